The molecule has 0 saturated carbocycles. The van der Waals surface area contributed by atoms with E-state index >= 15 is 0 Å². The van der Waals surface area contributed by atoms with Crippen LogP contribution in [0.4, 0.5) is 0 Å². The molecule has 1 aromatic carbocycles. The van der Waals surface area contributed by atoms with E-state index in [1.807, 2.05) is 0 Å². The molecular weight excluding hydrogens is 225 g/mol. The van der Waals surface area contributed by atoms with E-state index in [9.17, 15) is 8.76 Å². The Balaban J connectivity index is 0.00000112. The summed E-state index contributed by atoms with van der Waals surface area (Å²) in [5, 5.41) is 3.52. The van der Waals surface area contributed by atoms with Crippen LogP contribution in [0, 0.1) is 0 Å². The summed E-state index contributed by atoms with van der Waals surface area (Å²) in [7, 11) is 0. The summed E-state index contributed by atoms with van der Waals surface area (Å²) in [6.07, 6.45) is 2.89. The van der Waals surface area contributed by atoms with Gasteiger partial charge in [-0.15, -0.1) is 0 Å². The van der Waals surface area contributed by atoms with Gasteiger partial charge >= 0.3 is 29.6 Å². The second-order valence-electron chi connectivity index (χ2n) is 2.64. The van der Waals surface area contributed by atoms with Crippen LogP contribution in [0.2, 0.25) is 0 Å². The van der Waals surface area contributed by atoms with E-state index in [-0.39, 0.29) is 34.5 Å². The smallest absolute Gasteiger partial charge is 0.768 e. The fraction of sp³-hybridized carbons (Fsp3) is 0. The van der Waals surface area contributed by atoms with Crippen molar-refractivity contribution >= 4 is 11.1 Å². The minimum absolute atomic E-state index is 0. The van der Waals surface area contributed by atoms with Crippen LogP contribution in [0.3, 0.4) is 0 Å². The Morgan fingerprint density at radius 2 is 2.07 bits per heavy atom. The van der Waals surface area contributed by atoms with Gasteiger partial charge < -0.3 is 9.08 Å². The number of benzene rings is 1. The summed E-state index contributed by atoms with van der Waals surface area (Å²) in [5.74, 6) is 0. The monoisotopic (exact) mass is 231 g/mol. The van der Waals surface area contributed by atoms with Crippen LogP contribution in [-0.4, -0.2) is 13.9 Å². The molecule has 4 nitrogen and oxygen atoms in total. The SMILES string of the molecule is O=S([O-])c1ccccc1-c1cnoc1.[Na+]. The molecule has 0 radical (unpaired) electrons. The third-order valence-electron chi connectivity index (χ3n) is 1.81. The normalized spacial score (nSPS) is 11.8. The van der Waals surface area contributed by atoms with Gasteiger partial charge in [-0.05, 0) is 17.1 Å². The first-order chi connectivity index (χ1) is 6.79. The topological polar surface area (TPSA) is 66.2 Å². The predicted molar refractivity (Wildman–Crippen MR) is 49.1 cm³/mol. The van der Waals surface area contributed by atoms with Crippen LogP contribution < -0.4 is 29.6 Å². The molecule has 1 atom stereocenters. The Labute approximate surface area is 111 Å². The first-order valence-electron chi connectivity index (χ1n) is 3.87. The van der Waals surface area contributed by atoms with Gasteiger partial charge in [-0.25, -0.2) is 0 Å². The van der Waals surface area contributed by atoms with Crippen LogP contribution in [0.15, 0.2) is 46.1 Å². The molecule has 0 fully saturated rings. The Bertz CT molecular complexity index is 458. The fourth-order valence-electron chi connectivity index (χ4n) is 1.19. The molecular formula is C9H6NNaO3S. The maximum absolute atomic E-state index is 10.9. The standard InChI is InChI=1S/C9H7NO3S.Na/c11-14(12)9-4-2-1-3-8(9)7-5-10-13-6-7;/h1-6H,(H,11,12);/q;+1/p-1. The van der Waals surface area contributed by atoms with E-state index in [1.165, 1.54) is 18.5 Å². The summed E-state index contributed by atoms with van der Waals surface area (Å²) < 4.78 is 26.4. The molecule has 72 valence electrons. The average Bonchev–Trinajstić information content (AvgIpc) is 2.70. The molecule has 0 amide bonds. The molecule has 0 saturated heterocycles. The molecule has 1 heterocycles. The van der Waals surface area contributed by atoms with Crippen LogP contribution in [0.1, 0.15) is 0 Å². The van der Waals surface area contributed by atoms with Gasteiger partial charge in [0.2, 0.25) is 0 Å². The second-order valence-corrected chi connectivity index (χ2v) is 3.55. The van der Waals surface area contributed by atoms with Crippen molar-refractivity contribution in [1.82, 2.24) is 5.16 Å². The minimum Gasteiger partial charge on any atom is -0.768 e. The summed E-state index contributed by atoms with van der Waals surface area (Å²) in [5.41, 5.74) is 1.26. The third kappa shape index (κ3) is 2.76. The predicted octanol–water partition coefficient (Wildman–Crippen LogP) is -1.42. The number of hydrogen-bond acceptors (Lipinski definition) is 4. The number of nitrogens with zero attached hydrogens (tertiary/aromatic N) is 1. The molecule has 0 aliphatic heterocycles. The van der Waals surface area contributed by atoms with E-state index in [4.69, 9.17) is 0 Å². The van der Waals surface area contributed by atoms with Gasteiger partial charge in [0.25, 0.3) is 0 Å². The van der Waals surface area contributed by atoms with Crippen molar-refractivity contribution in [3.63, 3.8) is 0 Å². The molecule has 1 unspecified atom stereocenters. The van der Waals surface area contributed by atoms with E-state index in [2.05, 4.69) is 9.68 Å². The molecule has 0 aliphatic rings. The van der Waals surface area contributed by atoms with Crippen LogP contribution in [0.25, 0.3) is 11.1 Å². The third-order valence-corrected chi connectivity index (χ3v) is 2.53. The summed E-state index contributed by atoms with van der Waals surface area (Å²) in [6, 6.07) is 6.67. The van der Waals surface area contributed by atoms with Gasteiger partial charge in [-0.2, -0.15) is 0 Å². The molecule has 15 heavy (non-hydrogen) atoms. The Morgan fingerprint density at radius 3 is 2.67 bits per heavy atom. The van der Waals surface area contributed by atoms with Crippen LogP contribution in [0.5, 0.6) is 0 Å². The first-order valence-corrected chi connectivity index (χ1v) is 4.94. The van der Waals surface area contributed by atoms with E-state index in [0.717, 1.165) is 0 Å². The maximum Gasteiger partial charge on any atom is 1.00 e. The van der Waals surface area contributed by atoms with Crippen molar-refractivity contribution in [3.8, 4) is 11.1 Å². The summed E-state index contributed by atoms with van der Waals surface area (Å²) in [4.78, 5) is 0.246. The molecule has 2 rings (SSSR count). The Hall–Kier alpha value is -0.460. The van der Waals surface area contributed by atoms with E-state index in [0.29, 0.717) is 11.1 Å². The van der Waals surface area contributed by atoms with Crippen molar-refractivity contribution in [3.05, 3.63) is 36.7 Å². The second kappa shape index (κ2) is 5.58. The Kier molecular flexibility index (Phi) is 4.69. The van der Waals surface area contributed by atoms with Crippen molar-refractivity contribution in [1.29, 1.82) is 0 Å². The van der Waals surface area contributed by atoms with E-state index in [1.54, 1.807) is 18.2 Å². The first kappa shape index (κ1) is 12.6. The van der Waals surface area contributed by atoms with Crippen molar-refractivity contribution in [2.24, 2.45) is 0 Å². The van der Waals surface area contributed by atoms with Gasteiger partial charge in [-0.1, -0.05) is 23.4 Å². The van der Waals surface area contributed by atoms with Crippen molar-refractivity contribution in [2.45, 2.75) is 4.90 Å². The summed E-state index contributed by atoms with van der Waals surface area (Å²) in [6.45, 7) is 0. The van der Waals surface area contributed by atoms with Gasteiger partial charge in [0.05, 0.1) is 6.20 Å². The number of hydrogen-bond donors (Lipinski definition) is 0. The van der Waals surface area contributed by atoms with E-state index < -0.39 is 11.1 Å². The fourth-order valence-corrected chi connectivity index (χ4v) is 1.74. The van der Waals surface area contributed by atoms with Crippen LogP contribution >= 0.6 is 0 Å². The molecule has 0 spiro atoms. The molecule has 0 bridgehead atoms. The largest absolute Gasteiger partial charge is 1.00 e. The summed E-state index contributed by atoms with van der Waals surface area (Å²) >= 11 is -2.24. The average molecular weight is 231 g/mol. The van der Waals surface area contributed by atoms with Crippen molar-refractivity contribution in [2.75, 3.05) is 0 Å². The zero-order chi connectivity index (χ0) is 9.97. The number of rotatable bonds is 2. The molecule has 0 aliphatic carbocycles. The Morgan fingerprint density at radius 1 is 1.33 bits per heavy atom. The van der Waals surface area contributed by atoms with Gasteiger partial charge in [-0.3, -0.25) is 4.21 Å². The zero-order valence-electron chi connectivity index (χ0n) is 8.04. The maximum atomic E-state index is 10.9. The minimum atomic E-state index is -2.24. The zero-order valence-corrected chi connectivity index (χ0v) is 10.9. The van der Waals surface area contributed by atoms with Crippen LogP contribution in [-0.2, 0) is 11.1 Å². The molecule has 6 heteroatoms. The molecule has 2 aromatic rings. The van der Waals surface area contributed by atoms with Gasteiger partial charge in [0.1, 0.15) is 6.26 Å². The van der Waals surface area contributed by atoms with Crippen molar-refractivity contribution < 1.29 is 42.8 Å². The quantitative estimate of drug-likeness (QED) is 0.470. The number of aromatic nitrogens is 1. The molecule has 1 aromatic heterocycles. The van der Waals surface area contributed by atoms with Gasteiger partial charge in [0.15, 0.2) is 0 Å². The van der Waals surface area contributed by atoms with Gasteiger partial charge in [0, 0.05) is 16.0 Å². The molecule has 0 N–H and O–H groups in total.